The molecule has 0 aliphatic carbocycles. The molecule has 0 aliphatic rings. The molecule has 0 bridgehead atoms. The van der Waals surface area contributed by atoms with Gasteiger partial charge in [0.2, 0.25) is 0 Å². The number of carbonyl (C=O) groups excluding carboxylic acids is 1. The Balaban J connectivity index is 2.11. The third-order valence-electron chi connectivity index (χ3n) is 2.12. The molecule has 0 spiro atoms. The lowest BCUT2D eigenvalue weighted by Gasteiger charge is -2.03. The topological polar surface area (TPSA) is 38.3 Å². The molecular formula is C12H10BrNO2S. The van der Waals surface area contributed by atoms with Crippen LogP contribution in [0.15, 0.2) is 40.2 Å². The normalized spacial score (nSPS) is 10.0. The van der Waals surface area contributed by atoms with E-state index in [1.54, 1.807) is 18.6 Å². The van der Waals surface area contributed by atoms with Crippen molar-refractivity contribution in [2.24, 2.45) is 0 Å². The van der Waals surface area contributed by atoms with Gasteiger partial charge in [-0.3, -0.25) is 4.79 Å². The summed E-state index contributed by atoms with van der Waals surface area (Å²) in [5.74, 6) is 0.575. The molecule has 0 aliphatic heterocycles. The Bertz CT molecular complexity index is 539. The SMILES string of the molecule is COc1csc(C(=O)Nc2cccc(Br)c2)c1. The Kier molecular flexibility index (Phi) is 3.81. The summed E-state index contributed by atoms with van der Waals surface area (Å²) in [7, 11) is 1.58. The van der Waals surface area contributed by atoms with Gasteiger partial charge in [-0.05, 0) is 18.2 Å². The Labute approximate surface area is 112 Å². The molecule has 5 heteroatoms. The number of amides is 1. The summed E-state index contributed by atoms with van der Waals surface area (Å²) in [6, 6.07) is 9.19. The molecule has 1 N–H and O–H groups in total. The zero-order valence-corrected chi connectivity index (χ0v) is 11.5. The number of thiophene rings is 1. The van der Waals surface area contributed by atoms with Gasteiger partial charge < -0.3 is 10.1 Å². The van der Waals surface area contributed by atoms with E-state index in [1.165, 1.54) is 11.3 Å². The standard InChI is InChI=1S/C12H10BrNO2S/c1-16-10-6-11(17-7-10)12(15)14-9-4-2-3-8(13)5-9/h2-7H,1H3,(H,14,15). The van der Waals surface area contributed by atoms with Gasteiger partial charge in [0.15, 0.2) is 0 Å². The van der Waals surface area contributed by atoms with Crippen molar-refractivity contribution in [3.05, 3.63) is 45.1 Å². The van der Waals surface area contributed by atoms with E-state index in [2.05, 4.69) is 21.2 Å². The van der Waals surface area contributed by atoms with Crippen LogP contribution < -0.4 is 10.1 Å². The first-order valence-corrected chi connectivity index (χ1v) is 6.56. The molecular weight excluding hydrogens is 302 g/mol. The summed E-state index contributed by atoms with van der Waals surface area (Å²) in [6.07, 6.45) is 0. The molecule has 2 rings (SSSR count). The Morgan fingerprint density at radius 2 is 2.24 bits per heavy atom. The maximum absolute atomic E-state index is 11.9. The maximum atomic E-state index is 11.9. The molecule has 2 aromatic rings. The molecule has 0 atom stereocenters. The highest BCUT2D eigenvalue weighted by molar-refractivity contribution is 9.10. The van der Waals surface area contributed by atoms with Crippen LogP contribution in [-0.4, -0.2) is 13.0 Å². The zero-order chi connectivity index (χ0) is 12.3. The van der Waals surface area contributed by atoms with Crippen LogP contribution in [0.2, 0.25) is 0 Å². The fraction of sp³-hybridized carbons (Fsp3) is 0.0833. The van der Waals surface area contributed by atoms with Crippen LogP contribution in [0.1, 0.15) is 9.67 Å². The minimum absolute atomic E-state index is 0.128. The summed E-state index contributed by atoms with van der Waals surface area (Å²) in [6.45, 7) is 0. The summed E-state index contributed by atoms with van der Waals surface area (Å²) in [5.41, 5.74) is 0.761. The van der Waals surface area contributed by atoms with Crippen LogP contribution in [0, 0.1) is 0 Å². The zero-order valence-electron chi connectivity index (χ0n) is 9.07. The fourth-order valence-corrected chi connectivity index (χ4v) is 2.45. The average molecular weight is 312 g/mol. The van der Waals surface area contributed by atoms with Crippen molar-refractivity contribution in [2.75, 3.05) is 12.4 Å². The van der Waals surface area contributed by atoms with Gasteiger partial charge in [0.1, 0.15) is 5.75 Å². The lowest BCUT2D eigenvalue weighted by Crippen LogP contribution is -2.09. The third kappa shape index (κ3) is 3.08. The number of carbonyl (C=O) groups is 1. The van der Waals surface area contributed by atoms with E-state index in [0.717, 1.165) is 10.2 Å². The number of halogens is 1. The summed E-state index contributed by atoms with van der Waals surface area (Å²) >= 11 is 4.71. The van der Waals surface area contributed by atoms with Crippen molar-refractivity contribution in [3.8, 4) is 5.75 Å². The molecule has 88 valence electrons. The van der Waals surface area contributed by atoms with Crippen molar-refractivity contribution < 1.29 is 9.53 Å². The molecule has 0 saturated carbocycles. The first kappa shape index (κ1) is 12.1. The summed E-state index contributed by atoms with van der Waals surface area (Å²) in [4.78, 5) is 12.5. The van der Waals surface area contributed by atoms with Crippen molar-refractivity contribution in [1.82, 2.24) is 0 Å². The van der Waals surface area contributed by atoms with Crippen LogP contribution in [0.5, 0.6) is 5.75 Å². The Morgan fingerprint density at radius 1 is 1.41 bits per heavy atom. The molecule has 17 heavy (non-hydrogen) atoms. The average Bonchev–Trinajstić information content (AvgIpc) is 2.77. The van der Waals surface area contributed by atoms with E-state index in [-0.39, 0.29) is 5.91 Å². The summed E-state index contributed by atoms with van der Waals surface area (Å²) in [5, 5.41) is 4.62. The molecule has 3 nitrogen and oxygen atoms in total. The molecule has 0 unspecified atom stereocenters. The van der Waals surface area contributed by atoms with Gasteiger partial charge >= 0.3 is 0 Å². The highest BCUT2D eigenvalue weighted by Gasteiger charge is 2.09. The molecule has 1 heterocycles. The second kappa shape index (κ2) is 5.33. The van der Waals surface area contributed by atoms with Crippen molar-refractivity contribution in [1.29, 1.82) is 0 Å². The van der Waals surface area contributed by atoms with E-state index < -0.39 is 0 Å². The maximum Gasteiger partial charge on any atom is 0.265 e. The largest absolute Gasteiger partial charge is 0.496 e. The highest BCUT2D eigenvalue weighted by atomic mass is 79.9. The van der Waals surface area contributed by atoms with Gasteiger partial charge in [0, 0.05) is 21.6 Å². The molecule has 0 radical (unpaired) electrons. The predicted octanol–water partition coefficient (Wildman–Crippen LogP) is 3.77. The van der Waals surface area contributed by atoms with Crippen LogP contribution in [0.25, 0.3) is 0 Å². The van der Waals surface area contributed by atoms with E-state index in [4.69, 9.17) is 4.74 Å². The van der Waals surface area contributed by atoms with Crippen molar-refractivity contribution >= 4 is 38.9 Å². The first-order valence-electron chi connectivity index (χ1n) is 4.88. The van der Waals surface area contributed by atoms with Crippen LogP contribution in [-0.2, 0) is 0 Å². The van der Waals surface area contributed by atoms with E-state index in [1.807, 2.05) is 24.3 Å². The van der Waals surface area contributed by atoms with Crippen LogP contribution in [0.3, 0.4) is 0 Å². The molecule has 1 amide bonds. The fourth-order valence-electron chi connectivity index (χ4n) is 1.30. The van der Waals surface area contributed by atoms with Gasteiger partial charge in [0.25, 0.3) is 5.91 Å². The van der Waals surface area contributed by atoms with Crippen molar-refractivity contribution in [3.63, 3.8) is 0 Å². The predicted molar refractivity (Wildman–Crippen MR) is 73.0 cm³/mol. The second-order valence-corrected chi connectivity index (χ2v) is 5.14. The minimum atomic E-state index is -0.128. The smallest absolute Gasteiger partial charge is 0.265 e. The number of methoxy groups -OCH3 is 1. The third-order valence-corrected chi connectivity index (χ3v) is 3.52. The van der Waals surface area contributed by atoms with E-state index in [9.17, 15) is 4.79 Å². The lowest BCUT2D eigenvalue weighted by atomic mass is 10.3. The van der Waals surface area contributed by atoms with Gasteiger partial charge in [-0.25, -0.2) is 0 Å². The Hall–Kier alpha value is -1.33. The van der Waals surface area contributed by atoms with Crippen LogP contribution >= 0.6 is 27.3 Å². The number of ether oxygens (including phenoxy) is 1. The molecule has 1 aromatic heterocycles. The number of nitrogens with one attached hydrogen (secondary N) is 1. The number of anilines is 1. The van der Waals surface area contributed by atoms with E-state index in [0.29, 0.717) is 10.6 Å². The first-order chi connectivity index (χ1) is 8.19. The number of hydrogen-bond donors (Lipinski definition) is 1. The monoisotopic (exact) mass is 311 g/mol. The molecule has 0 saturated heterocycles. The van der Waals surface area contributed by atoms with Crippen molar-refractivity contribution in [2.45, 2.75) is 0 Å². The van der Waals surface area contributed by atoms with E-state index >= 15 is 0 Å². The highest BCUT2D eigenvalue weighted by Crippen LogP contribution is 2.23. The van der Waals surface area contributed by atoms with Gasteiger partial charge in [-0.15, -0.1) is 11.3 Å². The minimum Gasteiger partial charge on any atom is -0.496 e. The lowest BCUT2D eigenvalue weighted by molar-refractivity contribution is 0.103. The van der Waals surface area contributed by atoms with Gasteiger partial charge in [-0.1, -0.05) is 22.0 Å². The number of hydrogen-bond acceptors (Lipinski definition) is 3. The Morgan fingerprint density at radius 3 is 2.88 bits per heavy atom. The van der Waals surface area contributed by atoms with Gasteiger partial charge in [-0.2, -0.15) is 0 Å². The second-order valence-electron chi connectivity index (χ2n) is 3.32. The number of benzene rings is 1. The molecule has 0 fully saturated rings. The molecule has 1 aromatic carbocycles. The van der Waals surface area contributed by atoms with Gasteiger partial charge in [0.05, 0.1) is 12.0 Å². The van der Waals surface area contributed by atoms with Crippen LogP contribution in [0.4, 0.5) is 5.69 Å². The summed E-state index contributed by atoms with van der Waals surface area (Å²) < 4.78 is 5.97. The number of rotatable bonds is 3. The quantitative estimate of drug-likeness (QED) is 0.937.